The molecule has 0 saturated carbocycles. The van der Waals surface area contributed by atoms with Gasteiger partial charge in [0.2, 0.25) is 11.8 Å². The Balaban J connectivity index is 4.43. The fraction of sp³-hybridized carbons (Fsp3) is 0.714. The number of alkyl carbamates (subject to hydrolysis) is 1. The maximum absolute atomic E-state index is 11.9. The zero-order chi connectivity index (χ0) is 18.4. The largest absolute Gasteiger partial charge is 0.480 e. The van der Waals surface area contributed by atoms with Crippen LogP contribution in [-0.4, -0.2) is 52.7 Å². The monoisotopic (exact) mass is 331 g/mol. The minimum atomic E-state index is -1.18. The summed E-state index contributed by atoms with van der Waals surface area (Å²) in [6.07, 6.45) is -0.753. The van der Waals surface area contributed by atoms with Gasteiger partial charge >= 0.3 is 12.1 Å². The Morgan fingerprint density at radius 3 is 1.61 bits per heavy atom. The average Bonchev–Trinajstić information content (AvgIpc) is 2.35. The number of carbonyl (C=O) groups excluding carboxylic acids is 3. The molecule has 0 bridgehead atoms. The van der Waals surface area contributed by atoms with Gasteiger partial charge in [0.05, 0.1) is 0 Å². The number of carboxylic acid groups (broad SMARTS) is 1. The first-order valence-corrected chi connectivity index (χ1v) is 7.16. The molecule has 0 aliphatic carbocycles. The second-order valence-corrected chi connectivity index (χ2v) is 6.17. The van der Waals surface area contributed by atoms with Crippen molar-refractivity contribution in [3.05, 3.63) is 0 Å². The molecule has 0 unspecified atom stereocenters. The van der Waals surface area contributed by atoms with Crippen LogP contribution in [0.1, 0.15) is 41.5 Å². The molecule has 9 nitrogen and oxygen atoms in total. The van der Waals surface area contributed by atoms with E-state index in [2.05, 4.69) is 16.0 Å². The molecule has 0 fully saturated rings. The van der Waals surface area contributed by atoms with Crippen molar-refractivity contribution in [3.63, 3.8) is 0 Å². The number of ether oxygens (including phenoxy) is 1. The Bertz CT molecular complexity index is 472. The molecule has 0 aromatic carbocycles. The third-order valence-electron chi connectivity index (χ3n) is 2.61. The molecule has 0 rings (SSSR count). The van der Waals surface area contributed by atoms with Crippen molar-refractivity contribution in [3.8, 4) is 0 Å². The van der Waals surface area contributed by atoms with Crippen LogP contribution in [0, 0.1) is 0 Å². The van der Waals surface area contributed by atoms with Gasteiger partial charge in [-0.15, -0.1) is 0 Å². The fourth-order valence-corrected chi connectivity index (χ4v) is 1.35. The number of nitrogens with one attached hydrogen (secondary N) is 3. The maximum atomic E-state index is 11.9. The van der Waals surface area contributed by atoms with Gasteiger partial charge in [-0.25, -0.2) is 4.79 Å². The molecule has 0 aliphatic rings. The normalized spacial score (nSPS) is 14.9. The van der Waals surface area contributed by atoms with Crippen molar-refractivity contribution in [1.29, 1.82) is 0 Å². The van der Waals surface area contributed by atoms with Crippen molar-refractivity contribution in [1.82, 2.24) is 16.0 Å². The molecule has 4 N–H and O–H groups in total. The molecule has 0 saturated heterocycles. The van der Waals surface area contributed by atoms with Crippen LogP contribution in [0.4, 0.5) is 4.79 Å². The van der Waals surface area contributed by atoms with Crippen LogP contribution in [0.2, 0.25) is 0 Å². The molecule has 132 valence electrons. The van der Waals surface area contributed by atoms with E-state index < -0.39 is 47.6 Å². The predicted molar refractivity (Wildman–Crippen MR) is 81.7 cm³/mol. The Labute approximate surface area is 135 Å². The van der Waals surface area contributed by atoms with E-state index in [1.807, 2.05) is 0 Å². The topological polar surface area (TPSA) is 134 Å². The number of hydrogen-bond donors (Lipinski definition) is 4. The van der Waals surface area contributed by atoms with E-state index in [-0.39, 0.29) is 0 Å². The van der Waals surface area contributed by atoms with Crippen LogP contribution in [0.5, 0.6) is 0 Å². The molecule has 0 radical (unpaired) electrons. The average molecular weight is 331 g/mol. The summed E-state index contributed by atoms with van der Waals surface area (Å²) < 4.78 is 5.02. The van der Waals surface area contributed by atoms with Gasteiger partial charge < -0.3 is 25.8 Å². The van der Waals surface area contributed by atoms with Crippen molar-refractivity contribution in [2.24, 2.45) is 0 Å². The molecule has 0 aliphatic heterocycles. The third-order valence-corrected chi connectivity index (χ3v) is 2.61. The Hall–Kier alpha value is -2.32. The molecule has 0 spiro atoms. The number of carboxylic acids is 1. The van der Waals surface area contributed by atoms with Gasteiger partial charge in [-0.1, -0.05) is 0 Å². The van der Waals surface area contributed by atoms with Crippen LogP contribution in [0.25, 0.3) is 0 Å². The highest BCUT2D eigenvalue weighted by molar-refractivity contribution is 5.92. The lowest BCUT2D eigenvalue weighted by molar-refractivity contribution is -0.141. The number of hydrogen-bond acceptors (Lipinski definition) is 5. The zero-order valence-corrected chi connectivity index (χ0v) is 14.2. The molecule has 3 atom stereocenters. The first kappa shape index (κ1) is 20.7. The van der Waals surface area contributed by atoms with Crippen LogP contribution in [0.15, 0.2) is 0 Å². The number of amides is 3. The van der Waals surface area contributed by atoms with Crippen molar-refractivity contribution in [2.45, 2.75) is 65.3 Å². The Morgan fingerprint density at radius 1 is 0.826 bits per heavy atom. The molecular formula is C14H25N3O6. The van der Waals surface area contributed by atoms with Crippen LogP contribution >= 0.6 is 0 Å². The van der Waals surface area contributed by atoms with Crippen LogP contribution < -0.4 is 16.0 Å². The first-order valence-electron chi connectivity index (χ1n) is 7.16. The van der Waals surface area contributed by atoms with Gasteiger partial charge in [0.15, 0.2) is 0 Å². The van der Waals surface area contributed by atoms with Crippen molar-refractivity contribution in [2.75, 3.05) is 0 Å². The quantitative estimate of drug-likeness (QED) is 0.541. The highest BCUT2D eigenvalue weighted by atomic mass is 16.6. The van der Waals surface area contributed by atoms with E-state index in [1.54, 1.807) is 20.8 Å². The third kappa shape index (κ3) is 8.64. The highest BCUT2D eigenvalue weighted by Gasteiger charge is 2.24. The zero-order valence-electron chi connectivity index (χ0n) is 14.2. The molecule has 0 aromatic rings. The minimum absolute atomic E-state index is 0.596. The van der Waals surface area contributed by atoms with E-state index in [4.69, 9.17) is 9.84 Å². The van der Waals surface area contributed by atoms with Crippen molar-refractivity contribution >= 4 is 23.9 Å². The summed E-state index contributed by atoms with van der Waals surface area (Å²) in [4.78, 5) is 45.8. The lowest BCUT2D eigenvalue weighted by Crippen LogP contribution is -2.53. The van der Waals surface area contributed by atoms with E-state index >= 15 is 0 Å². The second kappa shape index (κ2) is 8.35. The van der Waals surface area contributed by atoms with Gasteiger partial charge in [0.1, 0.15) is 23.7 Å². The van der Waals surface area contributed by atoms with Crippen LogP contribution in [0.3, 0.4) is 0 Å². The summed E-state index contributed by atoms with van der Waals surface area (Å²) in [6.45, 7) is 9.21. The smallest absolute Gasteiger partial charge is 0.408 e. The summed E-state index contributed by atoms with van der Waals surface area (Å²) in [5, 5.41) is 15.7. The minimum Gasteiger partial charge on any atom is -0.480 e. The van der Waals surface area contributed by atoms with Crippen molar-refractivity contribution < 1.29 is 29.0 Å². The number of carbonyl (C=O) groups is 4. The maximum Gasteiger partial charge on any atom is 0.408 e. The lowest BCUT2D eigenvalue weighted by Gasteiger charge is -2.22. The summed E-state index contributed by atoms with van der Waals surface area (Å²) in [5.41, 5.74) is -0.694. The number of aliphatic carboxylic acids is 1. The van der Waals surface area contributed by atoms with Gasteiger partial charge in [0.25, 0.3) is 0 Å². The summed E-state index contributed by atoms with van der Waals surface area (Å²) >= 11 is 0. The molecule has 0 aromatic heterocycles. The van der Waals surface area contributed by atoms with Crippen LogP contribution in [-0.2, 0) is 19.1 Å². The van der Waals surface area contributed by atoms with E-state index in [1.165, 1.54) is 20.8 Å². The number of rotatable bonds is 6. The molecule has 9 heteroatoms. The van der Waals surface area contributed by atoms with Gasteiger partial charge in [-0.2, -0.15) is 0 Å². The van der Waals surface area contributed by atoms with Gasteiger partial charge in [-0.05, 0) is 41.5 Å². The van der Waals surface area contributed by atoms with E-state index in [0.717, 1.165) is 0 Å². The standard InChI is InChI=1S/C14H25N3O6/c1-7(10(18)16-9(3)12(20)21)15-11(19)8(2)17-13(22)23-14(4,5)6/h7-9H,1-6H3,(H,15,19)(H,16,18)(H,17,22)(H,20,21)/t7-,8-,9+/m0/s1. The van der Waals surface area contributed by atoms with Gasteiger partial charge in [-0.3, -0.25) is 14.4 Å². The SMILES string of the molecule is C[C@H](NC(=O)OC(C)(C)C)C(=O)N[C@@H](C)C(=O)N[C@H](C)C(=O)O. The van der Waals surface area contributed by atoms with E-state index in [0.29, 0.717) is 0 Å². The molecule has 0 heterocycles. The summed E-state index contributed by atoms with van der Waals surface area (Å²) in [5.74, 6) is -2.42. The second-order valence-electron chi connectivity index (χ2n) is 6.17. The predicted octanol–water partition coefficient (Wildman–Crippen LogP) is -0.00640. The van der Waals surface area contributed by atoms with E-state index in [9.17, 15) is 19.2 Å². The molecular weight excluding hydrogens is 306 g/mol. The highest BCUT2D eigenvalue weighted by Crippen LogP contribution is 2.06. The molecule has 23 heavy (non-hydrogen) atoms. The Kier molecular flexibility index (Phi) is 7.51. The van der Waals surface area contributed by atoms with Gasteiger partial charge in [0, 0.05) is 0 Å². The first-order chi connectivity index (χ1) is 10.3. The fourth-order valence-electron chi connectivity index (χ4n) is 1.35. The Morgan fingerprint density at radius 2 is 1.22 bits per heavy atom. The lowest BCUT2D eigenvalue weighted by atomic mass is 10.2. The molecule has 3 amide bonds. The summed E-state index contributed by atoms with van der Waals surface area (Å²) in [6, 6.07) is -2.94. The summed E-state index contributed by atoms with van der Waals surface area (Å²) in [7, 11) is 0.